The van der Waals surface area contributed by atoms with Crippen LogP contribution >= 0.6 is 0 Å². The quantitative estimate of drug-likeness (QED) is 0.845. The Morgan fingerprint density at radius 2 is 2.00 bits per heavy atom. The molecule has 1 aliphatic rings. The SMILES string of the molecule is N#Cc1ccc(CS(=O)(=O)C2CCCC2)c(F)c1. The summed E-state index contributed by atoms with van der Waals surface area (Å²) in [6.45, 7) is 0. The second-order valence-electron chi connectivity index (χ2n) is 4.63. The number of halogens is 1. The fourth-order valence-corrected chi connectivity index (χ4v) is 4.27. The summed E-state index contributed by atoms with van der Waals surface area (Å²) in [5.74, 6) is -0.884. The lowest BCUT2D eigenvalue weighted by Gasteiger charge is -2.11. The molecule has 2 rings (SSSR count). The zero-order chi connectivity index (χ0) is 13.2. The van der Waals surface area contributed by atoms with Crippen LogP contribution in [0, 0.1) is 17.1 Å². The highest BCUT2D eigenvalue weighted by molar-refractivity contribution is 7.91. The van der Waals surface area contributed by atoms with Gasteiger partial charge in [0.15, 0.2) is 9.84 Å². The van der Waals surface area contributed by atoms with Gasteiger partial charge in [-0.15, -0.1) is 0 Å². The average molecular weight is 267 g/mol. The molecule has 1 saturated carbocycles. The molecule has 0 unspecified atom stereocenters. The van der Waals surface area contributed by atoms with E-state index < -0.39 is 15.7 Å². The van der Waals surface area contributed by atoms with Crippen LogP contribution < -0.4 is 0 Å². The summed E-state index contributed by atoms with van der Waals surface area (Å²) >= 11 is 0. The van der Waals surface area contributed by atoms with Crippen molar-refractivity contribution >= 4 is 9.84 Å². The smallest absolute Gasteiger partial charge is 0.157 e. The lowest BCUT2D eigenvalue weighted by atomic mass is 10.1. The molecule has 0 atom stereocenters. The van der Waals surface area contributed by atoms with Gasteiger partial charge in [0.1, 0.15) is 5.82 Å². The Bertz CT molecular complexity index is 583. The van der Waals surface area contributed by atoms with Gasteiger partial charge in [0.25, 0.3) is 0 Å². The fourth-order valence-electron chi connectivity index (χ4n) is 2.32. The third kappa shape index (κ3) is 2.70. The minimum absolute atomic E-state index is 0.154. The molecule has 0 aliphatic heterocycles. The zero-order valence-corrected chi connectivity index (χ0v) is 10.7. The maximum atomic E-state index is 13.6. The molecule has 0 aromatic heterocycles. The highest BCUT2D eigenvalue weighted by atomic mass is 32.2. The van der Waals surface area contributed by atoms with Gasteiger partial charge in [-0.25, -0.2) is 12.8 Å². The van der Waals surface area contributed by atoms with Crippen molar-refractivity contribution in [3.63, 3.8) is 0 Å². The van der Waals surface area contributed by atoms with Gasteiger partial charge in [-0.05, 0) is 25.0 Å². The average Bonchev–Trinajstić information content (AvgIpc) is 2.86. The predicted molar refractivity (Wildman–Crippen MR) is 66.0 cm³/mol. The Kier molecular flexibility index (Phi) is 3.67. The number of benzene rings is 1. The van der Waals surface area contributed by atoms with Gasteiger partial charge in [0, 0.05) is 5.56 Å². The van der Waals surface area contributed by atoms with E-state index in [-0.39, 0.29) is 22.1 Å². The largest absolute Gasteiger partial charge is 0.228 e. The summed E-state index contributed by atoms with van der Waals surface area (Å²) in [5.41, 5.74) is 0.357. The van der Waals surface area contributed by atoms with E-state index in [2.05, 4.69) is 0 Å². The van der Waals surface area contributed by atoms with Gasteiger partial charge in [0.05, 0.1) is 22.6 Å². The first-order valence-electron chi connectivity index (χ1n) is 5.93. The lowest BCUT2D eigenvalue weighted by Crippen LogP contribution is -2.20. The highest BCUT2D eigenvalue weighted by Crippen LogP contribution is 2.27. The summed E-state index contributed by atoms with van der Waals surface area (Å²) in [5, 5.41) is 8.30. The first-order valence-corrected chi connectivity index (χ1v) is 7.64. The van der Waals surface area contributed by atoms with Crippen molar-refractivity contribution in [3.8, 4) is 6.07 Å². The number of nitriles is 1. The number of sulfone groups is 1. The van der Waals surface area contributed by atoms with Crippen molar-refractivity contribution in [1.29, 1.82) is 5.26 Å². The molecule has 5 heteroatoms. The first kappa shape index (κ1) is 13.0. The normalized spacial score (nSPS) is 16.7. The fraction of sp³-hybridized carbons (Fsp3) is 0.462. The third-order valence-electron chi connectivity index (χ3n) is 3.35. The Morgan fingerprint density at radius 1 is 1.33 bits per heavy atom. The van der Waals surface area contributed by atoms with Crippen LogP contribution in [0.3, 0.4) is 0 Å². The topological polar surface area (TPSA) is 57.9 Å². The maximum absolute atomic E-state index is 13.6. The molecule has 96 valence electrons. The minimum Gasteiger partial charge on any atom is -0.228 e. The van der Waals surface area contributed by atoms with Crippen LogP contribution in [-0.4, -0.2) is 13.7 Å². The van der Waals surface area contributed by atoms with Crippen molar-refractivity contribution in [2.24, 2.45) is 0 Å². The molecular weight excluding hydrogens is 253 g/mol. The summed E-state index contributed by atoms with van der Waals surface area (Å²) in [6.07, 6.45) is 3.22. The van der Waals surface area contributed by atoms with E-state index in [1.54, 1.807) is 0 Å². The standard InChI is InChI=1S/C13H14FNO2S/c14-13-7-10(8-15)5-6-11(13)9-18(16,17)12-3-1-2-4-12/h5-7,12H,1-4,9H2. The zero-order valence-electron chi connectivity index (χ0n) is 9.89. The molecule has 1 aliphatic carbocycles. The van der Waals surface area contributed by atoms with Gasteiger partial charge in [-0.1, -0.05) is 18.9 Å². The molecule has 0 saturated heterocycles. The molecule has 1 aromatic carbocycles. The van der Waals surface area contributed by atoms with Gasteiger partial charge in [0.2, 0.25) is 0 Å². The van der Waals surface area contributed by atoms with Crippen LogP contribution in [0.15, 0.2) is 18.2 Å². The molecule has 0 N–H and O–H groups in total. The van der Waals surface area contributed by atoms with E-state index in [0.29, 0.717) is 12.8 Å². The number of nitrogens with zero attached hydrogens (tertiary/aromatic N) is 1. The summed E-state index contributed by atoms with van der Waals surface area (Å²) < 4.78 is 37.8. The highest BCUT2D eigenvalue weighted by Gasteiger charge is 2.29. The molecule has 0 spiro atoms. The van der Waals surface area contributed by atoms with Gasteiger partial charge in [-0.2, -0.15) is 5.26 Å². The van der Waals surface area contributed by atoms with Gasteiger partial charge >= 0.3 is 0 Å². The Morgan fingerprint density at radius 3 is 2.56 bits per heavy atom. The van der Waals surface area contributed by atoms with Crippen molar-refractivity contribution in [3.05, 3.63) is 35.1 Å². The minimum atomic E-state index is -3.28. The van der Waals surface area contributed by atoms with Crippen LogP contribution in [0.2, 0.25) is 0 Å². The Labute approximate surface area is 106 Å². The van der Waals surface area contributed by atoms with Gasteiger partial charge < -0.3 is 0 Å². The monoisotopic (exact) mass is 267 g/mol. The van der Waals surface area contributed by atoms with Crippen LogP contribution in [0.4, 0.5) is 4.39 Å². The molecule has 0 heterocycles. The van der Waals surface area contributed by atoms with Gasteiger partial charge in [-0.3, -0.25) is 0 Å². The molecule has 1 fully saturated rings. The van der Waals surface area contributed by atoms with E-state index >= 15 is 0 Å². The number of hydrogen-bond donors (Lipinski definition) is 0. The molecule has 0 amide bonds. The van der Waals surface area contributed by atoms with E-state index in [4.69, 9.17) is 5.26 Å². The van der Waals surface area contributed by atoms with Crippen LogP contribution in [0.5, 0.6) is 0 Å². The van der Waals surface area contributed by atoms with Crippen LogP contribution in [-0.2, 0) is 15.6 Å². The molecule has 1 aromatic rings. The van der Waals surface area contributed by atoms with E-state index in [1.807, 2.05) is 6.07 Å². The van der Waals surface area contributed by atoms with E-state index in [0.717, 1.165) is 18.9 Å². The van der Waals surface area contributed by atoms with E-state index in [9.17, 15) is 12.8 Å². The second-order valence-corrected chi connectivity index (χ2v) is 6.91. The Balaban J connectivity index is 2.21. The first-order chi connectivity index (χ1) is 8.53. The van der Waals surface area contributed by atoms with Crippen molar-refractivity contribution < 1.29 is 12.8 Å². The second kappa shape index (κ2) is 5.07. The summed E-state index contributed by atoms with van der Waals surface area (Å²) in [7, 11) is -3.28. The Hall–Kier alpha value is -1.41. The summed E-state index contributed by atoms with van der Waals surface area (Å²) in [4.78, 5) is 0. The maximum Gasteiger partial charge on any atom is 0.157 e. The predicted octanol–water partition coefficient (Wildman–Crippen LogP) is 2.55. The van der Waals surface area contributed by atoms with Crippen molar-refractivity contribution in [1.82, 2.24) is 0 Å². The number of hydrogen-bond acceptors (Lipinski definition) is 3. The number of rotatable bonds is 3. The molecule has 3 nitrogen and oxygen atoms in total. The van der Waals surface area contributed by atoms with Crippen LogP contribution in [0.1, 0.15) is 36.8 Å². The lowest BCUT2D eigenvalue weighted by molar-refractivity contribution is 0.573. The van der Waals surface area contributed by atoms with Crippen molar-refractivity contribution in [2.45, 2.75) is 36.7 Å². The van der Waals surface area contributed by atoms with E-state index in [1.165, 1.54) is 12.1 Å². The van der Waals surface area contributed by atoms with Crippen LogP contribution in [0.25, 0.3) is 0 Å². The molecular formula is C13H14FNO2S. The molecule has 0 radical (unpaired) electrons. The van der Waals surface area contributed by atoms with Crippen molar-refractivity contribution in [2.75, 3.05) is 0 Å². The third-order valence-corrected chi connectivity index (χ3v) is 5.55. The molecule has 0 bridgehead atoms. The molecule has 18 heavy (non-hydrogen) atoms. The summed E-state index contributed by atoms with van der Waals surface area (Å²) in [6, 6.07) is 5.74.